The lowest BCUT2D eigenvalue weighted by molar-refractivity contribution is 0.471. The third kappa shape index (κ3) is 3.51. The highest BCUT2D eigenvalue weighted by molar-refractivity contribution is 5.43. The molecule has 1 aliphatic carbocycles. The lowest BCUT2D eigenvalue weighted by Gasteiger charge is -2.22. The number of rotatable bonds is 2. The number of hydrogen-bond acceptors (Lipinski definition) is 2. The van der Waals surface area contributed by atoms with Gasteiger partial charge in [0.15, 0.2) is 0 Å². The van der Waals surface area contributed by atoms with E-state index in [1.165, 1.54) is 50.6 Å². The van der Waals surface area contributed by atoms with Crippen molar-refractivity contribution in [3.05, 3.63) is 24.0 Å². The first kappa shape index (κ1) is 11.4. The first-order valence-electron chi connectivity index (χ1n) is 6.54. The van der Waals surface area contributed by atoms with Gasteiger partial charge in [0.05, 0.1) is 0 Å². The van der Waals surface area contributed by atoms with Crippen molar-refractivity contribution in [3.8, 4) is 0 Å². The second-order valence-electron chi connectivity index (χ2n) is 4.87. The first-order valence-corrected chi connectivity index (χ1v) is 6.54. The SMILES string of the molecule is Cc1cc(NC2CCCCCCC2)ccn1. The number of aromatic nitrogens is 1. The van der Waals surface area contributed by atoms with E-state index in [1.807, 2.05) is 13.1 Å². The molecule has 0 spiro atoms. The maximum Gasteiger partial charge on any atom is 0.0393 e. The average molecular weight is 218 g/mol. The van der Waals surface area contributed by atoms with Gasteiger partial charge in [0.2, 0.25) is 0 Å². The number of anilines is 1. The number of pyridine rings is 1. The predicted octanol–water partition coefficient (Wildman–Crippen LogP) is 3.91. The van der Waals surface area contributed by atoms with Crippen LogP contribution in [0.4, 0.5) is 5.69 Å². The molecule has 0 radical (unpaired) electrons. The number of nitrogens with one attached hydrogen (secondary N) is 1. The van der Waals surface area contributed by atoms with Gasteiger partial charge in [0, 0.05) is 23.6 Å². The minimum atomic E-state index is 0.669. The zero-order valence-corrected chi connectivity index (χ0v) is 10.2. The van der Waals surface area contributed by atoms with E-state index >= 15 is 0 Å². The van der Waals surface area contributed by atoms with Gasteiger partial charge in [-0.15, -0.1) is 0 Å². The van der Waals surface area contributed by atoms with Crippen LogP contribution in [0.3, 0.4) is 0 Å². The molecule has 2 heteroatoms. The third-order valence-corrected chi connectivity index (χ3v) is 3.37. The van der Waals surface area contributed by atoms with Crippen LogP contribution in [0, 0.1) is 6.92 Å². The summed E-state index contributed by atoms with van der Waals surface area (Å²) in [5.74, 6) is 0. The second kappa shape index (κ2) is 5.88. The number of hydrogen-bond donors (Lipinski definition) is 1. The van der Waals surface area contributed by atoms with Crippen molar-refractivity contribution in [2.45, 2.75) is 57.9 Å². The summed E-state index contributed by atoms with van der Waals surface area (Å²) in [4.78, 5) is 4.23. The molecule has 1 fully saturated rings. The van der Waals surface area contributed by atoms with Crippen LogP contribution in [0.5, 0.6) is 0 Å². The molecule has 1 aliphatic rings. The van der Waals surface area contributed by atoms with Crippen molar-refractivity contribution >= 4 is 5.69 Å². The smallest absolute Gasteiger partial charge is 0.0393 e. The Morgan fingerprint density at radius 2 is 1.81 bits per heavy atom. The monoisotopic (exact) mass is 218 g/mol. The summed E-state index contributed by atoms with van der Waals surface area (Å²) in [6.45, 7) is 2.04. The average Bonchev–Trinajstić information content (AvgIpc) is 2.22. The topological polar surface area (TPSA) is 24.9 Å². The van der Waals surface area contributed by atoms with Crippen LogP contribution in [0.25, 0.3) is 0 Å². The lowest BCUT2D eigenvalue weighted by atomic mass is 9.96. The van der Waals surface area contributed by atoms with E-state index in [0.29, 0.717) is 6.04 Å². The Morgan fingerprint density at radius 1 is 1.12 bits per heavy atom. The van der Waals surface area contributed by atoms with Gasteiger partial charge >= 0.3 is 0 Å². The molecule has 0 saturated heterocycles. The molecular formula is C14H22N2. The van der Waals surface area contributed by atoms with Crippen LogP contribution < -0.4 is 5.32 Å². The van der Waals surface area contributed by atoms with E-state index in [4.69, 9.17) is 0 Å². The van der Waals surface area contributed by atoms with Gasteiger partial charge in [0.1, 0.15) is 0 Å². The summed E-state index contributed by atoms with van der Waals surface area (Å²) < 4.78 is 0. The van der Waals surface area contributed by atoms with Gasteiger partial charge in [-0.3, -0.25) is 4.98 Å². The number of aryl methyl sites for hydroxylation is 1. The van der Waals surface area contributed by atoms with E-state index < -0.39 is 0 Å². The molecule has 0 aliphatic heterocycles. The van der Waals surface area contributed by atoms with Crippen molar-refractivity contribution in [1.82, 2.24) is 4.98 Å². The fourth-order valence-electron chi connectivity index (χ4n) is 2.47. The molecule has 1 aromatic heterocycles. The summed E-state index contributed by atoms with van der Waals surface area (Å²) in [5, 5.41) is 3.65. The number of nitrogens with zero attached hydrogens (tertiary/aromatic N) is 1. The fraction of sp³-hybridized carbons (Fsp3) is 0.643. The van der Waals surface area contributed by atoms with Crippen molar-refractivity contribution in [2.75, 3.05) is 5.32 Å². The van der Waals surface area contributed by atoms with E-state index in [0.717, 1.165) is 5.69 Å². The Bertz CT molecular complexity index is 314. The molecule has 0 atom stereocenters. The summed E-state index contributed by atoms with van der Waals surface area (Å²) >= 11 is 0. The van der Waals surface area contributed by atoms with Gasteiger partial charge in [0.25, 0.3) is 0 Å². The molecule has 1 N–H and O–H groups in total. The van der Waals surface area contributed by atoms with Gasteiger partial charge in [-0.25, -0.2) is 0 Å². The largest absolute Gasteiger partial charge is 0.382 e. The molecule has 0 unspecified atom stereocenters. The minimum Gasteiger partial charge on any atom is -0.382 e. The lowest BCUT2D eigenvalue weighted by Crippen LogP contribution is -2.20. The molecule has 2 nitrogen and oxygen atoms in total. The molecule has 1 aromatic rings. The molecule has 1 saturated carbocycles. The Morgan fingerprint density at radius 3 is 2.50 bits per heavy atom. The maximum atomic E-state index is 4.23. The highest BCUT2D eigenvalue weighted by Crippen LogP contribution is 2.20. The van der Waals surface area contributed by atoms with Crippen LogP contribution in [0.15, 0.2) is 18.3 Å². The molecule has 16 heavy (non-hydrogen) atoms. The molecule has 0 aromatic carbocycles. The molecule has 0 bridgehead atoms. The normalized spacial score (nSPS) is 18.8. The van der Waals surface area contributed by atoms with Gasteiger partial charge in [-0.2, -0.15) is 0 Å². The zero-order chi connectivity index (χ0) is 11.2. The Labute approximate surface area is 98.5 Å². The van der Waals surface area contributed by atoms with Crippen LogP contribution in [0.1, 0.15) is 50.6 Å². The summed E-state index contributed by atoms with van der Waals surface area (Å²) in [6, 6.07) is 4.88. The minimum absolute atomic E-state index is 0.669. The van der Waals surface area contributed by atoms with E-state index in [1.54, 1.807) is 0 Å². The summed E-state index contributed by atoms with van der Waals surface area (Å²) in [7, 11) is 0. The Kier molecular flexibility index (Phi) is 4.20. The van der Waals surface area contributed by atoms with E-state index in [-0.39, 0.29) is 0 Å². The third-order valence-electron chi connectivity index (χ3n) is 3.37. The van der Waals surface area contributed by atoms with Gasteiger partial charge in [-0.1, -0.05) is 32.1 Å². The summed E-state index contributed by atoms with van der Waals surface area (Å²) in [6.07, 6.45) is 11.5. The Balaban J connectivity index is 1.91. The highest BCUT2D eigenvalue weighted by Gasteiger charge is 2.10. The van der Waals surface area contributed by atoms with E-state index in [2.05, 4.69) is 22.4 Å². The molecular weight excluding hydrogens is 196 g/mol. The maximum absolute atomic E-state index is 4.23. The quantitative estimate of drug-likeness (QED) is 0.814. The van der Waals surface area contributed by atoms with Crippen LogP contribution in [-0.2, 0) is 0 Å². The van der Waals surface area contributed by atoms with Gasteiger partial charge in [-0.05, 0) is 31.9 Å². The Hall–Kier alpha value is -1.05. The molecule has 0 amide bonds. The van der Waals surface area contributed by atoms with Crippen molar-refractivity contribution in [2.24, 2.45) is 0 Å². The van der Waals surface area contributed by atoms with Crippen LogP contribution >= 0.6 is 0 Å². The second-order valence-corrected chi connectivity index (χ2v) is 4.87. The zero-order valence-electron chi connectivity index (χ0n) is 10.2. The molecule has 2 rings (SSSR count). The van der Waals surface area contributed by atoms with Crippen molar-refractivity contribution in [1.29, 1.82) is 0 Å². The van der Waals surface area contributed by atoms with Crippen molar-refractivity contribution < 1.29 is 0 Å². The van der Waals surface area contributed by atoms with Gasteiger partial charge < -0.3 is 5.32 Å². The first-order chi connectivity index (χ1) is 7.84. The van der Waals surface area contributed by atoms with E-state index in [9.17, 15) is 0 Å². The highest BCUT2D eigenvalue weighted by atomic mass is 14.9. The van der Waals surface area contributed by atoms with Crippen LogP contribution in [0.2, 0.25) is 0 Å². The standard InChI is InChI=1S/C14H22N2/c1-12-11-14(9-10-15-12)16-13-7-5-3-2-4-6-8-13/h9-11,13H,2-8H2,1H3,(H,15,16). The van der Waals surface area contributed by atoms with Crippen molar-refractivity contribution in [3.63, 3.8) is 0 Å². The molecule has 1 heterocycles. The predicted molar refractivity (Wildman–Crippen MR) is 68.7 cm³/mol. The summed E-state index contributed by atoms with van der Waals surface area (Å²) in [5.41, 5.74) is 2.33. The molecule has 88 valence electrons. The fourth-order valence-corrected chi connectivity index (χ4v) is 2.47. The van der Waals surface area contributed by atoms with Crippen LogP contribution in [-0.4, -0.2) is 11.0 Å².